The van der Waals surface area contributed by atoms with Gasteiger partial charge in [0.05, 0.1) is 22.1 Å². The molecule has 0 aliphatic rings. The fraction of sp³-hybridized carbons (Fsp3) is 0. The van der Waals surface area contributed by atoms with Gasteiger partial charge in [-0.3, -0.25) is 4.40 Å². The van der Waals surface area contributed by atoms with Crippen LogP contribution in [0.3, 0.4) is 0 Å². The van der Waals surface area contributed by atoms with Crippen molar-refractivity contribution in [1.82, 2.24) is 19.4 Å². The van der Waals surface area contributed by atoms with Crippen molar-refractivity contribution in [2.24, 2.45) is 0 Å². The first-order valence-corrected chi connectivity index (χ1v) is 7.62. The quantitative estimate of drug-likeness (QED) is 0.428. The molecule has 2 aromatic carbocycles. The number of fused-ring (bicyclic) bond motifs is 6. The maximum atomic E-state index is 6.05. The summed E-state index contributed by atoms with van der Waals surface area (Å²) in [6, 6.07) is 13.6. The van der Waals surface area contributed by atoms with E-state index in [2.05, 4.69) is 14.4 Å². The van der Waals surface area contributed by atoms with Crippen LogP contribution in [0.5, 0.6) is 0 Å². The van der Waals surface area contributed by atoms with E-state index in [1.54, 1.807) is 11.3 Å². The molecule has 100 valence electrons. The zero-order valence-corrected chi connectivity index (χ0v) is 12.2. The molecule has 0 N–H and O–H groups in total. The van der Waals surface area contributed by atoms with Gasteiger partial charge in [0, 0.05) is 5.02 Å². The Labute approximate surface area is 127 Å². The van der Waals surface area contributed by atoms with Crippen molar-refractivity contribution >= 4 is 60.4 Å². The van der Waals surface area contributed by atoms with Gasteiger partial charge in [0.25, 0.3) is 0 Å². The molecule has 0 fully saturated rings. The fourth-order valence-corrected chi connectivity index (χ4v) is 3.71. The van der Waals surface area contributed by atoms with Crippen LogP contribution in [0.25, 0.3) is 37.5 Å². The summed E-state index contributed by atoms with van der Waals surface area (Å²) in [5.41, 5.74) is 4.50. The summed E-state index contributed by atoms with van der Waals surface area (Å²) < 4.78 is 2.06. The van der Waals surface area contributed by atoms with E-state index in [9.17, 15) is 0 Å². The second-order valence-electron chi connectivity index (χ2n) is 4.81. The molecule has 21 heavy (non-hydrogen) atoms. The number of benzene rings is 2. The van der Waals surface area contributed by atoms with Gasteiger partial charge in [-0.2, -0.15) is 0 Å². The van der Waals surface area contributed by atoms with Crippen LogP contribution in [0.15, 0.2) is 42.5 Å². The van der Waals surface area contributed by atoms with E-state index < -0.39 is 0 Å². The van der Waals surface area contributed by atoms with E-state index in [-0.39, 0.29) is 0 Å². The Kier molecular flexibility index (Phi) is 2.12. The van der Waals surface area contributed by atoms with Crippen LogP contribution in [0.4, 0.5) is 0 Å². The monoisotopic (exact) mass is 310 g/mol. The number of aromatic nitrogens is 4. The van der Waals surface area contributed by atoms with Gasteiger partial charge >= 0.3 is 0 Å². The SMILES string of the molecule is Clc1ccc2nc3sc4nc5ccccc5n4c3nc2c1. The van der Waals surface area contributed by atoms with E-state index in [0.717, 1.165) is 37.5 Å². The second kappa shape index (κ2) is 3.90. The van der Waals surface area contributed by atoms with Crippen LogP contribution in [0, 0.1) is 0 Å². The van der Waals surface area contributed by atoms with E-state index >= 15 is 0 Å². The standard InChI is InChI=1S/C15H7ClN4S/c16-8-5-6-9-11(7-8)17-13-14(18-9)21-15-19-10-3-1-2-4-12(10)20(13)15/h1-7H. The van der Waals surface area contributed by atoms with Gasteiger partial charge in [0.15, 0.2) is 15.4 Å². The minimum Gasteiger partial charge on any atom is -0.265 e. The van der Waals surface area contributed by atoms with Crippen molar-refractivity contribution in [3.63, 3.8) is 0 Å². The Morgan fingerprint density at radius 2 is 1.81 bits per heavy atom. The van der Waals surface area contributed by atoms with Gasteiger partial charge in [-0.1, -0.05) is 35.1 Å². The Balaban J connectivity index is 2.03. The number of imidazole rings is 1. The number of para-hydroxylation sites is 2. The average molecular weight is 311 g/mol. The largest absolute Gasteiger partial charge is 0.265 e. The molecule has 0 aliphatic heterocycles. The van der Waals surface area contributed by atoms with Gasteiger partial charge < -0.3 is 0 Å². The third-order valence-corrected chi connectivity index (χ3v) is 4.67. The summed E-state index contributed by atoms with van der Waals surface area (Å²) in [6.45, 7) is 0. The molecule has 5 aromatic rings. The minimum absolute atomic E-state index is 0.665. The molecule has 0 atom stereocenters. The number of nitrogens with zero attached hydrogens (tertiary/aromatic N) is 4. The van der Waals surface area contributed by atoms with E-state index in [1.165, 1.54) is 0 Å². The van der Waals surface area contributed by atoms with Crippen molar-refractivity contribution < 1.29 is 0 Å². The first-order valence-electron chi connectivity index (χ1n) is 6.43. The molecular weight excluding hydrogens is 304 g/mol. The van der Waals surface area contributed by atoms with Crippen LogP contribution in [-0.4, -0.2) is 19.4 Å². The van der Waals surface area contributed by atoms with Gasteiger partial charge in [-0.15, -0.1) is 0 Å². The van der Waals surface area contributed by atoms with Crippen molar-refractivity contribution in [3.05, 3.63) is 47.5 Å². The third-order valence-electron chi connectivity index (χ3n) is 3.51. The molecule has 0 bridgehead atoms. The first kappa shape index (κ1) is 11.4. The highest BCUT2D eigenvalue weighted by Crippen LogP contribution is 2.29. The zero-order valence-electron chi connectivity index (χ0n) is 10.6. The molecule has 0 radical (unpaired) electrons. The average Bonchev–Trinajstić information content (AvgIpc) is 3.00. The van der Waals surface area contributed by atoms with E-state index in [1.807, 2.05) is 42.5 Å². The summed E-state index contributed by atoms with van der Waals surface area (Å²) in [4.78, 5) is 15.8. The molecule has 6 heteroatoms. The van der Waals surface area contributed by atoms with E-state index in [0.29, 0.717) is 5.02 Å². The van der Waals surface area contributed by atoms with Gasteiger partial charge in [-0.25, -0.2) is 15.0 Å². The van der Waals surface area contributed by atoms with Gasteiger partial charge in [0.1, 0.15) is 0 Å². The number of thiazole rings is 1. The molecule has 0 saturated carbocycles. The minimum atomic E-state index is 0.665. The summed E-state index contributed by atoms with van der Waals surface area (Å²) in [5.74, 6) is 0. The summed E-state index contributed by atoms with van der Waals surface area (Å²) in [7, 11) is 0. The lowest BCUT2D eigenvalue weighted by Gasteiger charge is -1.98. The number of rotatable bonds is 0. The Hall–Kier alpha value is -2.24. The number of hydrogen-bond acceptors (Lipinski definition) is 4. The maximum absolute atomic E-state index is 6.05. The second-order valence-corrected chi connectivity index (χ2v) is 6.20. The fourth-order valence-electron chi connectivity index (χ4n) is 2.58. The Morgan fingerprint density at radius 1 is 0.905 bits per heavy atom. The predicted octanol–water partition coefficient (Wildman–Crippen LogP) is 4.30. The molecule has 0 unspecified atom stereocenters. The van der Waals surface area contributed by atoms with Crippen molar-refractivity contribution in [2.75, 3.05) is 0 Å². The third kappa shape index (κ3) is 1.53. The predicted molar refractivity (Wildman–Crippen MR) is 86.2 cm³/mol. The highest BCUT2D eigenvalue weighted by Gasteiger charge is 2.14. The number of hydrogen-bond donors (Lipinski definition) is 0. The lowest BCUT2D eigenvalue weighted by Crippen LogP contribution is -1.88. The highest BCUT2D eigenvalue weighted by molar-refractivity contribution is 7.23. The molecule has 3 aromatic heterocycles. The smallest absolute Gasteiger partial charge is 0.198 e. The first-order chi connectivity index (χ1) is 10.3. The Morgan fingerprint density at radius 3 is 2.76 bits per heavy atom. The molecule has 5 rings (SSSR count). The maximum Gasteiger partial charge on any atom is 0.198 e. The van der Waals surface area contributed by atoms with Crippen LogP contribution in [-0.2, 0) is 0 Å². The molecular formula is C15H7ClN4S. The molecule has 0 saturated heterocycles. The highest BCUT2D eigenvalue weighted by atomic mass is 35.5. The van der Waals surface area contributed by atoms with E-state index in [4.69, 9.17) is 16.6 Å². The van der Waals surface area contributed by atoms with Crippen LogP contribution in [0.1, 0.15) is 0 Å². The van der Waals surface area contributed by atoms with Crippen LogP contribution >= 0.6 is 22.9 Å². The van der Waals surface area contributed by atoms with Gasteiger partial charge in [0.2, 0.25) is 0 Å². The van der Waals surface area contributed by atoms with Crippen molar-refractivity contribution in [3.8, 4) is 0 Å². The van der Waals surface area contributed by atoms with Gasteiger partial charge in [-0.05, 0) is 30.3 Å². The molecule has 0 amide bonds. The topological polar surface area (TPSA) is 43.1 Å². The van der Waals surface area contributed by atoms with Crippen molar-refractivity contribution in [1.29, 1.82) is 0 Å². The lowest BCUT2D eigenvalue weighted by atomic mass is 10.3. The Bertz CT molecular complexity index is 1160. The summed E-state index contributed by atoms with van der Waals surface area (Å²) in [6.07, 6.45) is 0. The lowest BCUT2D eigenvalue weighted by molar-refractivity contribution is 1.26. The summed E-state index contributed by atoms with van der Waals surface area (Å²) in [5, 5.41) is 0.665. The zero-order chi connectivity index (χ0) is 14.0. The molecule has 0 spiro atoms. The molecule has 4 nitrogen and oxygen atoms in total. The molecule has 3 heterocycles. The van der Waals surface area contributed by atoms with Crippen LogP contribution in [0.2, 0.25) is 5.02 Å². The van der Waals surface area contributed by atoms with Crippen molar-refractivity contribution in [2.45, 2.75) is 0 Å². The normalized spacial score (nSPS) is 12.0. The summed E-state index contributed by atoms with van der Waals surface area (Å²) >= 11 is 7.60. The number of halogens is 1. The molecule has 0 aliphatic carbocycles. The van der Waals surface area contributed by atoms with Crippen LogP contribution < -0.4 is 0 Å².